The van der Waals surface area contributed by atoms with Crippen molar-refractivity contribution in [3.8, 4) is 0 Å². The van der Waals surface area contributed by atoms with Gasteiger partial charge in [0.25, 0.3) is 0 Å². The third-order valence-electron chi connectivity index (χ3n) is 1.81. The van der Waals surface area contributed by atoms with Crippen molar-refractivity contribution in [1.82, 2.24) is 5.32 Å². The quantitative estimate of drug-likeness (QED) is 0.473. The van der Waals surface area contributed by atoms with Gasteiger partial charge >= 0.3 is 5.97 Å². The summed E-state index contributed by atoms with van der Waals surface area (Å²) < 4.78 is 4.54. The topological polar surface area (TPSA) is 38.3 Å². The molecule has 0 unspecified atom stereocenters. The summed E-state index contributed by atoms with van der Waals surface area (Å²) in [7, 11) is 1.43. The maximum Gasteiger partial charge on any atom is 0.305 e. The molecule has 0 fully saturated rings. The molecule has 0 saturated heterocycles. The van der Waals surface area contributed by atoms with Crippen LogP contribution in [0.1, 0.15) is 26.2 Å². The van der Waals surface area contributed by atoms with Crippen molar-refractivity contribution in [3.05, 3.63) is 0 Å². The molecule has 0 saturated carbocycles. The normalized spacial score (nSPS) is 10.1. The monoisotopic (exact) mass is 219 g/mol. The van der Waals surface area contributed by atoms with Crippen LogP contribution in [0, 0.1) is 0 Å². The number of esters is 1. The van der Waals surface area contributed by atoms with Crippen LogP contribution in [-0.4, -0.2) is 37.7 Å². The average Bonchev–Trinajstić information content (AvgIpc) is 2.21. The largest absolute Gasteiger partial charge is 0.469 e. The number of hydrogen-bond donors (Lipinski definition) is 1. The zero-order chi connectivity index (χ0) is 10.6. The Bertz CT molecular complexity index is 142. The third kappa shape index (κ3) is 9.86. The maximum atomic E-state index is 10.7. The molecule has 0 bridgehead atoms. The van der Waals surface area contributed by atoms with Crippen LogP contribution in [0.3, 0.4) is 0 Å². The molecule has 0 spiro atoms. The van der Waals surface area contributed by atoms with Gasteiger partial charge in [0.2, 0.25) is 0 Å². The molecule has 3 nitrogen and oxygen atoms in total. The minimum absolute atomic E-state index is 0.117. The standard InChI is InChI=1S/C10H21NO2S/c1-3-14-9-5-8-11-7-4-6-10(12)13-2/h11H,3-9H2,1-2H3. The van der Waals surface area contributed by atoms with Gasteiger partial charge in [-0.25, -0.2) is 0 Å². The van der Waals surface area contributed by atoms with Gasteiger partial charge in [-0.15, -0.1) is 0 Å². The highest BCUT2D eigenvalue weighted by atomic mass is 32.2. The molecule has 0 aromatic rings. The summed E-state index contributed by atoms with van der Waals surface area (Å²) in [5, 5.41) is 3.30. The molecule has 0 amide bonds. The Kier molecular flexibility index (Phi) is 10.7. The van der Waals surface area contributed by atoms with Crippen molar-refractivity contribution in [2.75, 3.05) is 31.7 Å². The molecular weight excluding hydrogens is 198 g/mol. The van der Waals surface area contributed by atoms with Crippen molar-refractivity contribution >= 4 is 17.7 Å². The van der Waals surface area contributed by atoms with Crippen molar-refractivity contribution in [1.29, 1.82) is 0 Å². The summed E-state index contributed by atoms with van der Waals surface area (Å²) >= 11 is 1.97. The van der Waals surface area contributed by atoms with Gasteiger partial charge in [0.15, 0.2) is 0 Å². The molecule has 0 aromatic heterocycles. The molecule has 0 heterocycles. The second kappa shape index (κ2) is 10.9. The first-order valence-corrected chi connectivity index (χ1v) is 6.32. The van der Waals surface area contributed by atoms with E-state index in [1.54, 1.807) is 0 Å². The van der Waals surface area contributed by atoms with Gasteiger partial charge in [0.1, 0.15) is 0 Å². The number of nitrogens with one attached hydrogen (secondary N) is 1. The smallest absolute Gasteiger partial charge is 0.305 e. The van der Waals surface area contributed by atoms with E-state index in [0.29, 0.717) is 6.42 Å². The van der Waals surface area contributed by atoms with Gasteiger partial charge < -0.3 is 10.1 Å². The van der Waals surface area contributed by atoms with E-state index in [1.807, 2.05) is 11.8 Å². The minimum atomic E-state index is -0.117. The zero-order valence-electron chi connectivity index (χ0n) is 9.17. The fourth-order valence-corrected chi connectivity index (χ4v) is 1.67. The molecule has 14 heavy (non-hydrogen) atoms. The summed E-state index contributed by atoms with van der Waals surface area (Å²) in [4.78, 5) is 10.7. The lowest BCUT2D eigenvalue weighted by molar-refractivity contribution is -0.140. The van der Waals surface area contributed by atoms with Crippen LogP contribution < -0.4 is 5.32 Å². The molecule has 0 aliphatic rings. The van der Waals surface area contributed by atoms with Crippen LogP contribution in [0.15, 0.2) is 0 Å². The second-order valence-corrected chi connectivity index (χ2v) is 4.37. The van der Waals surface area contributed by atoms with E-state index >= 15 is 0 Å². The summed E-state index contributed by atoms with van der Waals surface area (Å²) in [6.45, 7) is 4.13. The van der Waals surface area contributed by atoms with E-state index in [4.69, 9.17) is 0 Å². The summed E-state index contributed by atoms with van der Waals surface area (Å²) in [6, 6.07) is 0. The average molecular weight is 219 g/mol. The predicted molar refractivity (Wildman–Crippen MR) is 61.7 cm³/mol. The van der Waals surface area contributed by atoms with Crippen LogP contribution in [0.5, 0.6) is 0 Å². The molecule has 1 N–H and O–H groups in total. The number of ether oxygens (including phenoxy) is 1. The van der Waals surface area contributed by atoms with Crippen molar-refractivity contribution in [2.24, 2.45) is 0 Å². The van der Waals surface area contributed by atoms with E-state index < -0.39 is 0 Å². The molecular formula is C10H21NO2S. The van der Waals surface area contributed by atoms with Crippen LogP contribution in [0.4, 0.5) is 0 Å². The number of thioether (sulfide) groups is 1. The van der Waals surface area contributed by atoms with Crippen LogP contribution in [-0.2, 0) is 9.53 Å². The molecule has 0 radical (unpaired) electrons. The van der Waals surface area contributed by atoms with Crippen molar-refractivity contribution < 1.29 is 9.53 Å². The summed E-state index contributed by atoms with van der Waals surface area (Å²) in [6.07, 6.45) is 2.59. The van der Waals surface area contributed by atoms with Gasteiger partial charge in [0, 0.05) is 6.42 Å². The second-order valence-electron chi connectivity index (χ2n) is 2.98. The molecule has 0 aliphatic carbocycles. The number of rotatable bonds is 9. The van der Waals surface area contributed by atoms with E-state index in [0.717, 1.165) is 19.5 Å². The van der Waals surface area contributed by atoms with E-state index in [2.05, 4.69) is 17.0 Å². The third-order valence-corrected chi connectivity index (χ3v) is 2.79. The highest BCUT2D eigenvalue weighted by Gasteiger charge is 1.98. The highest BCUT2D eigenvalue weighted by Crippen LogP contribution is 1.99. The number of hydrogen-bond acceptors (Lipinski definition) is 4. The van der Waals surface area contributed by atoms with Crippen molar-refractivity contribution in [2.45, 2.75) is 26.2 Å². The van der Waals surface area contributed by atoms with E-state index in [9.17, 15) is 4.79 Å². The lowest BCUT2D eigenvalue weighted by atomic mass is 10.3. The van der Waals surface area contributed by atoms with E-state index in [-0.39, 0.29) is 5.97 Å². The Morgan fingerprint density at radius 1 is 1.36 bits per heavy atom. The van der Waals surface area contributed by atoms with Crippen LogP contribution in [0.2, 0.25) is 0 Å². The minimum Gasteiger partial charge on any atom is -0.469 e. The van der Waals surface area contributed by atoms with Crippen LogP contribution >= 0.6 is 11.8 Å². The molecule has 0 rings (SSSR count). The Hall–Kier alpha value is -0.220. The maximum absolute atomic E-state index is 10.7. The first kappa shape index (κ1) is 13.8. The molecule has 0 atom stereocenters. The van der Waals surface area contributed by atoms with Gasteiger partial charge in [-0.05, 0) is 37.4 Å². The SMILES string of the molecule is CCSCCCNCCCC(=O)OC. The lowest BCUT2D eigenvalue weighted by Crippen LogP contribution is -2.18. The summed E-state index contributed by atoms with van der Waals surface area (Å²) in [5.74, 6) is 2.30. The molecule has 0 aromatic carbocycles. The predicted octanol–water partition coefficient (Wildman–Crippen LogP) is 1.67. The van der Waals surface area contributed by atoms with Gasteiger partial charge in [-0.1, -0.05) is 6.92 Å². The van der Waals surface area contributed by atoms with Crippen LogP contribution in [0.25, 0.3) is 0 Å². The molecule has 4 heteroatoms. The lowest BCUT2D eigenvalue weighted by Gasteiger charge is -2.03. The Balaban J connectivity index is 2.95. The Morgan fingerprint density at radius 3 is 2.71 bits per heavy atom. The Labute approximate surface area is 91.0 Å². The van der Waals surface area contributed by atoms with Gasteiger partial charge in [-0.3, -0.25) is 4.79 Å². The first-order valence-electron chi connectivity index (χ1n) is 5.16. The van der Waals surface area contributed by atoms with Crippen molar-refractivity contribution in [3.63, 3.8) is 0 Å². The number of carbonyl (C=O) groups excluding carboxylic acids is 1. The highest BCUT2D eigenvalue weighted by molar-refractivity contribution is 7.99. The Morgan fingerprint density at radius 2 is 2.07 bits per heavy atom. The van der Waals surface area contributed by atoms with E-state index in [1.165, 1.54) is 25.0 Å². The van der Waals surface area contributed by atoms with Gasteiger partial charge in [0.05, 0.1) is 7.11 Å². The van der Waals surface area contributed by atoms with Gasteiger partial charge in [-0.2, -0.15) is 11.8 Å². The zero-order valence-corrected chi connectivity index (χ0v) is 9.99. The molecule has 0 aliphatic heterocycles. The fourth-order valence-electron chi connectivity index (χ4n) is 1.03. The molecule has 84 valence electrons. The fraction of sp³-hybridized carbons (Fsp3) is 0.900. The first-order chi connectivity index (χ1) is 6.81. The summed E-state index contributed by atoms with van der Waals surface area (Å²) in [5.41, 5.74) is 0. The number of methoxy groups -OCH3 is 1. The number of carbonyl (C=O) groups is 1.